The molecule has 19 heavy (non-hydrogen) atoms. The molecule has 96 valence electrons. The zero-order chi connectivity index (χ0) is 13.4. The Labute approximate surface area is 110 Å². The molecule has 3 rings (SSSR count). The molecule has 1 fully saturated rings. The fourth-order valence-corrected chi connectivity index (χ4v) is 2.67. The van der Waals surface area contributed by atoms with Gasteiger partial charge in [-0.1, -0.05) is 11.6 Å². The van der Waals surface area contributed by atoms with E-state index in [9.17, 15) is 10.1 Å². The largest absolute Gasteiger partial charge is 0.422 e. The quantitative estimate of drug-likeness (QED) is 0.734. The monoisotopic (exact) mass is 254 g/mol. The summed E-state index contributed by atoms with van der Waals surface area (Å²) in [5, 5.41) is 10.1. The van der Waals surface area contributed by atoms with Gasteiger partial charge in [0.25, 0.3) is 0 Å². The number of aryl methyl sites for hydroxylation is 1. The molecule has 1 aromatic carbocycles. The van der Waals surface area contributed by atoms with Gasteiger partial charge in [-0.15, -0.1) is 0 Å². The van der Waals surface area contributed by atoms with Gasteiger partial charge in [-0.05, 0) is 31.9 Å². The van der Waals surface area contributed by atoms with Crippen LogP contribution in [0, 0.1) is 18.3 Å². The third-order valence-electron chi connectivity index (χ3n) is 3.57. The average Bonchev–Trinajstić information content (AvgIpc) is 2.91. The van der Waals surface area contributed by atoms with Crippen molar-refractivity contribution in [2.24, 2.45) is 0 Å². The van der Waals surface area contributed by atoms with Crippen LogP contribution in [0.2, 0.25) is 0 Å². The van der Waals surface area contributed by atoms with Gasteiger partial charge >= 0.3 is 5.63 Å². The standard InChI is InChI=1S/C15H14N2O2/c1-10-4-5-13-11(8-10)14(17-6-2-3-7-17)12(9-16)15(18)19-13/h4-5,8H,2-3,6-7H2,1H3. The predicted octanol–water partition coefficient (Wildman–Crippen LogP) is 2.57. The van der Waals surface area contributed by atoms with Crippen LogP contribution in [0.1, 0.15) is 24.0 Å². The van der Waals surface area contributed by atoms with E-state index in [0.29, 0.717) is 5.58 Å². The maximum atomic E-state index is 11.9. The molecule has 0 spiro atoms. The van der Waals surface area contributed by atoms with E-state index in [4.69, 9.17) is 4.42 Å². The second-order valence-corrected chi connectivity index (χ2v) is 4.92. The maximum absolute atomic E-state index is 11.9. The van der Waals surface area contributed by atoms with Gasteiger partial charge in [0.1, 0.15) is 11.7 Å². The molecule has 0 atom stereocenters. The Balaban J connectivity index is 2.39. The maximum Gasteiger partial charge on any atom is 0.356 e. The lowest BCUT2D eigenvalue weighted by Gasteiger charge is -2.20. The molecule has 1 aromatic heterocycles. The summed E-state index contributed by atoms with van der Waals surface area (Å²) in [5.41, 5.74) is 1.97. The van der Waals surface area contributed by atoms with Gasteiger partial charge in [-0.25, -0.2) is 4.79 Å². The fourth-order valence-electron chi connectivity index (χ4n) is 2.67. The van der Waals surface area contributed by atoms with Crippen LogP contribution < -0.4 is 10.5 Å². The number of anilines is 1. The number of benzene rings is 1. The highest BCUT2D eigenvalue weighted by molar-refractivity contribution is 5.93. The van der Waals surface area contributed by atoms with E-state index in [0.717, 1.165) is 42.6 Å². The molecule has 1 aliphatic rings. The highest BCUT2D eigenvalue weighted by atomic mass is 16.4. The summed E-state index contributed by atoms with van der Waals surface area (Å²) < 4.78 is 5.23. The zero-order valence-electron chi connectivity index (χ0n) is 10.8. The number of nitriles is 1. The first-order valence-electron chi connectivity index (χ1n) is 6.43. The van der Waals surface area contributed by atoms with Crippen LogP contribution in [0.4, 0.5) is 5.69 Å². The molecule has 2 heterocycles. The Bertz CT molecular complexity index is 734. The molecule has 1 saturated heterocycles. The second-order valence-electron chi connectivity index (χ2n) is 4.92. The second kappa shape index (κ2) is 4.43. The van der Waals surface area contributed by atoms with Crippen molar-refractivity contribution in [3.05, 3.63) is 39.7 Å². The van der Waals surface area contributed by atoms with Crippen LogP contribution in [0.5, 0.6) is 0 Å². The first-order chi connectivity index (χ1) is 9.20. The Kier molecular flexibility index (Phi) is 2.75. The molecule has 0 N–H and O–H groups in total. The summed E-state index contributed by atoms with van der Waals surface area (Å²) in [6.45, 7) is 3.77. The molecular formula is C15H14N2O2. The third-order valence-corrected chi connectivity index (χ3v) is 3.57. The van der Waals surface area contributed by atoms with Gasteiger partial charge in [0, 0.05) is 18.5 Å². The molecule has 0 amide bonds. The van der Waals surface area contributed by atoms with Gasteiger partial charge in [0.05, 0.1) is 5.69 Å². The molecule has 0 aliphatic carbocycles. The van der Waals surface area contributed by atoms with Crippen LogP contribution in [0.3, 0.4) is 0 Å². The molecule has 0 unspecified atom stereocenters. The van der Waals surface area contributed by atoms with Gasteiger partial charge in [0.2, 0.25) is 0 Å². The summed E-state index contributed by atoms with van der Waals surface area (Å²) in [6, 6.07) is 7.69. The molecule has 4 nitrogen and oxygen atoms in total. The van der Waals surface area contributed by atoms with Crippen molar-refractivity contribution in [2.75, 3.05) is 18.0 Å². The van der Waals surface area contributed by atoms with Crippen molar-refractivity contribution in [1.82, 2.24) is 0 Å². The number of hydrogen-bond acceptors (Lipinski definition) is 4. The predicted molar refractivity (Wildman–Crippen MR) is 73.4 cm³/mol. The van der Waals surface area contributed by atoms with Crippen LogP contribution in [0.15, 0.2) is 27.4 Å². The van der Waals surface area contributed by atoms with Crippen molar-refractivity contribution >= 4 is 16.7 Å². The lowest BCUT2D eigenvalue weighted by atomic mass is 10.1. The molecule has 2 aromatic rings. The Morgan fingerprint density at radius 1 is 1.32 bits per heavy atom. The topological polar surface area (TPSA) is 57.2 Å². The van der Waals surface area contributed by atoms with E-state index in [1.54, 1.807) is 6.07 Å². The smallest absolute Gasteiger partial charge is 0.356 e. The summed E-state index contributed by atoms with van der Waals surface area (Å²) >= 11 is 0. The molecule has 4 heteroatoms. The van der Waals surface area contributed by atoms with Gasteiger partial charge in [-0.3, -0.25) is 0 Å². The van der Waals surface area contributed by atoms with E-state index in [-0.39, 0.29) is 5.56 Å². The van der Waals surface area contributed by atoms with Crippen LogP contribution in [0.25, 0.3) is 11.0 Å². The molecular weight excluding hydrogens is 240 g/mol. The highest BCUT2D eigenvalue weighted by Crippen LogP contribution is 2.31. The summed E-state index contributed by atoms with van der Waals surface area (Å²) in [5.74, 6) is 0. The highest BCUT2D eigenvalue weighted by Gasteiger charge is 2.22. The van der Waals surface area contributed by atoms with Crippen molar-refractivity contribution in [3.63, 3.8) is 0 Å². The van der Waals surface area contributed by atoms with Crippen molar-refractivity contribution < 1.29 is 4.42 Å². The number of hydrogen-bond donors (Lipinski definition) is 0. The molecule has 0 bridgehead atoms. The Hall–Kier alpha value is -2.28. The SMILES string of the molecule is Cc1ccc2oc(=O)c(C#N)c(N3CCCC3)c2c1. The number of rotatable bonds is 1. The van der Waals surface area contributed by atoms with Crippen molar-refractivity contribution in [2.45, 2.75) is 19.8 Å². The first-order valence-corrected chi connectivity index (χ1v) is 6.43. The summed E-state index contributed by atoms with van der Waals surface area (Å²) in [6.07, 6.45) is 2.19. The lowest BCUT2D eigenvalue weighted by Crippen LogP contribution is -2.22. The van der Waals surface area contributed by atoms with Crippen LogP contribution in [-0.2, 0) is 0 Å². The molecule has 0 radical (unpaired) electrons. The van der Waals surface area contributed by atoms with Gasteiger partial charge < -0.3 is 9.32 Å². The van der Waals surface area contributed by atoms with Gasteiger partial charge in [0.15, 0.2) is 5.56 Å². The molecule has 1 aliphatic heterocycles. The normalized spacial score (nSPS) is 14.8. The number of nitrogens with zero attached hydrogens (tertiary/aromatic N) is 2. The fraction of sp³-hybridized carbons (Fsp3) is 0.333. The van der Waals surface area contributed by atoms with Crippen LogP contribution in [-0.4, -0.2) is 13.1 Å². The minimum absolute atomic E-state index is 0.125. The molecule has 0 saturated carbocycles. The van der Waals surface area contributed by atoms with E-state index in [1.807, 2.05) is 25.1 Å². The van der Waals surface area contributed by atoms with Crippen LogP contribution >= 0.6 is 0 Å². The van der Waals surface area contributed by atoms with Crippen molar-refractivity contribution in [3.8, 4) is 6.07 Å². The first kappa shape index (κ1) is 11.8. The van der Waals surface area contributed by atoms with E-state index >= 15 is 0 Å². The van der Waals surface area contributed by atoms with E-state index in [2.05, 4.69) is 4.90 Å². The number of fused-ring (bicyclic) bond motifs is 1. The summed E-state index contributed by atoms with van der Waals surface area (Å²) in [4.78, 5) is 14.0. The zero-order valence-corrected chi connectivity index (χ0v) is 10.8. The Morgan fingerprint density at radius 2 is 2.05 bits per heavy atom. The van der Waals surface area contributed by atoms with E-state index in [1.165, 1.54) is 0 Å². The summed E-state index contributed by atoms with van der Waals surface area (Å²) in [7, 11) is 0. The average molecular weight is 254 g/mol. The van der Waals surface area contributed by atoms with E-state index < -0.39 is 5.63 Å². The van der Waals surface area contributed by atoms with Gasteiger partial charge in [-0.2, -0.15) is 5.26 Å². The Morgan fingerprint density at radius 3 is 2.74 bits per heavy atom. The third kappa shape index (κ3) is 1.88. The van der Waals surface area contributed by atoms with Crippen molar-refractivity contribution in [1.29, 1.82) is 5.26 Å². The lowest BCUT2D eigenvalue weighted by molar-refractivity contribution is 0.558. The minimum atomic E-state index is -0.541. The minimum Gasteiger partial charge on any atom is -0.422 e.